The number of nitrogens with zero attached hydrogens (tertiary/aromatic N) is 3. The average molecular weight is 740 g/mol. The molecule has 0 aliphatic carbocycles. The van der Waals surface area contributed by atoms with Gasteiger partial charge >= 0.3 is 12.4 Å². The Bertz CT molecular complexity index is 2130. The van der Waals surface area contributed by atoms with Gasteiger partial charge in [-0.3, -0.25) is 5.41 Å². The number of halogens is 6. The Morgan fingerprint density at radius 1 is 0.667 bits per heavy atom. The third kappa shape index (κ3) is 10.6. The van der Waals surface area contributed by atoms with Crippen molar-refractivity contribution in [3.63, 3.8) is 0 Å². The Morgan fingerprint density at radius 3 is 1.57 bits per heavy atom. The van der Waals surface area contributed by atoms with Crippen LogP contribution in [0.25, 0.3) is 22.5 Å². The van der Waals surface area contributed by atoms with Crippen LogP contribution in [0.1, 0.15) is 37.1 Å². The number of anilines is 4. The molecule has 15 heteroatoms. The Balaban J connectivity index is 0.000000265. The van der Waals surface area contributed by atoms with Crippen LogP contribution in [0.4, 0.5) is 48.0 Å². The van der Waals surface area contributed by atoms with Gasteiger partial charge in [0.05, 0.1) is 34.1 Å². The first-order valence-electron chi connectivity index (χ1n) is 14.0. The second-order valence-corrected chi connectivity index (χ2v) is 11.9. The number of nitrogens with two attached hydrogens (primary N) is 1. The van der Waals surface area contributed by atoms with E-state index < -0.39 is 23.5 Å². The summed E-state index contributed by atoms with van der Waals surface area (Å²) < 4.78 is 76.5. The lowest BCUT2D eigenvalue weighted by atomic mass is 10.1. The largest absolute Gasteiger partial charge is 0.416 e. The van der Waals surface area contributed by atoms with Crippen molar-refractivity contribution in [1.82, 2.24) is 9.97 Å². The van der Waals surface area contributed by atoms with Crippen molar-refractivity contribution >= 4 is 50.1 Å². The fourth-order valence-corrected chi connectivity index (χ4v) is 5.79. The number of benzene rings is 4. The molecule has 0 unspecified atom stereocenters. The first-order chi connectivity index (χ1) is 23.3. The highest BCUT2D eigenvalue weighted by Gasteiger charge is 2.31. The summed E-state index contributed by atoms with van der Waals surface area (Å²) in [5.74, 6) is -0.0422. The van der Waals surface area contributed by atoms with Crippen molar-refractivity contribution in [2.75, 3.05) is 10.6 Å². The van der Waals surface area contributed by atoms with Crippen LogP contribution in [-0.2, 0) is 12.4 Å². The number of nitrogens with one attached hydrogen (secondary N) is 3. The van der Waals surface area contributed by atoms with Gasteiger partial charge in [0.25, 0.3) is 0 Å². The van der Waals surface area contributed by atoms with Gasteiger partial charge in [0.1, 0.15) is 5.84 Å². The fraction of sp³-hybridized carbons (Fsp3) is 0.111. The summed E-state index contributed by atoms with van der Waals surface area (Å²) in [4.78, 5) is 8.74. The molecule has 0 aliphatic rings. The topological polar surface area (TPSA) is 124 Å². The van der Waals surface area contributed by atoms with Gasteiger partial charge in [-0.1, -0.05) is 57.3 Å². The smallest absolute Gasteiger partial charge is 0.384 e. The van der Waals surface area contributed by atoms with Crippen molar-refractivity contribution in [2.24, 2.45) is 5.73 Å². The van der Waals surface area contributed by atoms with E-state index >= 15 is 0 Å². The molecule has 0 bridgehead atoms. The predicted octanol–water partition coefficient (Wildman–Crippen LogP) is 11.6. The standard InChI is InChI=1S/C17H13F3N4S.C17H10F3N3S.2CH4/c18-17(19,20)12-5-2-6-13(8-12)23-16-24-14(9-25-16)10-3-1-4-11(7-10)15(21)22;18-17(19,20)13-5-2-6-14(8-13)22-16-23-15(10-24-16)12-4-1-3-11(7-12)9-21;;/h1-9H,(H3,21,22)(H,23,24);1-8,10H,(H,22,23);2*1H4. The highest BCUT2D eigenvalue weighted by molar-refractivity contribution is 7.14. The Morgan fingerprint density at radius 2 is 1.12 bits per heavy atom. The monoisotopic (exact) mass is 739 g/mol. The van der Waals surface area contributed by atoms with Crippen molar-refractivity contribution in [3.05, 3.63) is 130 Å². The van der Waals surface area contributed by atoms with Crippen LogP contribution in [0.2, 0.25) is 0 Å². The molecule has 0 radical (unpaired) electrons. The van der Waals surface area contributed by atoms with Gasteiger partial charge < -0.3 is 16.4 Å². The zero-order chi connectivity index (χ0) is 35.2. The second-order valence-electron chi connectivity index (χ2n) is 10.2. The van der Waals surface area contributed by atoms with E-state index in [1.807, 2.05) is 12.1 Å². The maximum atomic E-state index is 12.8. The normalized spacial score (nSPS) is 10.8. The molecule has 0 aliphatic heterocycles. The van der Waals surface area contributed by atoms with Gasteiger partial charge in [-0.2, -0.15) is 31.6 Å². The molecule has 0 spiro atoms. The summed E-state index contributed by atoms with van der Waals surface area (Å²) in [5.41, 5.74) is 8.65. The van der Waals surface area contributed by atoms with E-state index in [4.69, 9.17) is 16.4 Å². The molecule has 7 nitrogen and oxygen atoms in total. The Kier molecular flexibility index (Phi) is 13.1. The number of thiazole rings is 2. The maximum absolute atomic E-state index is 12.8. The summed E-state index contributed by atoms with van der Waals surface area (Å²) in [5, 5.41) is 26.7. The zero-order valence-electron chi connectivity index (χ0n) is 24.9. The van der Waals surface area contributed by atoms with Gasteiger partial charge in [0, 0.05) is 38.8 Å². The molecule has 0 amide bonds. The summed E-state index contributed by atoms with van der Waals surface area (Å²) in [6, 6.07) is 26.0. The second kappa shape index (κ2) is 16.8. The van der Waals surface area contributed by atoms with Crippen molar-refractivity contribution in [3.8, 4) is 28.6 Å². The molecule has 6 aromatic rings. The zero-order valence-corrected chi connectivity index (χ0v) is 26.5. The molecule has 0 fully saturated rings. The van der Waals surface area contributed by atoms with E-state index in [9.17, 15) is 26.3 Å². The molecule has 51 heavy (non-hydrogen) atoms. The molecule has 264 valence electrons. The predicted molar refractivity (Wildman–Crippen MR) is 194 cm³/mol. The minimum Gasteiger partial charge on any atom is -0.384 e. The summed E-state index contributed by atoms with van der Waals surface area (Å²) in [6.07, 6.45) is -8.78. The van der Waals surface area contributed by atoms with Crippen molar-refractivity contribution in [1.29, 1.82) is 10.7 Å². The molecule has 5 N–H and O–H groups in total. The minimum absolute atomic E-state index is 0. The molecule has 2 heterocycles. The molecule has 4 aromatic carbocycles. The maximum Gasteiger partial charge on any atom is 0.416 e. The van der Waals surface area contributed by atoms with E-state index in [1.54, 1.807) is 59.3 Å². The van der Waals surface area contributed by atoms with E-state index in [2.05, 4.69) is 26.7 Å². The van der Waals surface area contributed by atoms with Crippen LogP contribution in [-0.4, -0.2) is 15.8 Å². The van der Waals surface area contributed by atoms with E-state index in [0.717, 1.165) is 35.4 Å². The van der Waals surface area contributed by atoms with Crippen LogP contribution < -0.4 is 16.4 Å². The average Bonchev–Trinajstić information content (AvgIpc) is 3.75. The highest BCUT2D eigenvalue weighted by Crippen LogP contribution is 2.34. The van der Waals surface area contributed by atoms with Crippen LogP contribution >= 0.6 is 22.7 Å². The molecule has 2 aromatic heterocycles. The van der Waals surface area contributed by atoms with Crippen LogP contribution in [0.3, 0.4) is 0 Å². The quantitative estimate of drug-likeness (QED) is 0.0734. The molecule has 0 saturated heterocycles. The highest BCUT2D eigenvalue weighted by atomic mass is 32.1. The number of rotatable bonds is 7. The molecular weight excluding hydrogens is 709 g/mol. The lowest BCUT2D eigenvalue weighted by Crippen LogP contribution is -2.10. The molecular formula is C36H31F6N7S2. The number of nitrogen functional groups attached to an aromatic ring is 1. The number of amidine groups is 1. The third-order valence-corrected chi connectivity index (χ3v) is 8.16. The Hall–Kier alpha value is -5.72. The molecule has 0 saturated carbocycles. The van der Waals surface area contributed by atoms with Gasteiger partial charge in [-0.05, 0) is 54.6 Å². The van der Waals surface area contributed by atoms with Gasteiger partial charge in [-0.15, -0.1) is 22.7 Å². The van der Waals surface area contributed by atoms with Gasteiger partial charge in [0.15, 0.2) is 10.3 Å². The number of aromatic nitrogens is 2. The van der Waals surface area contributed by atoms with E-state index in [1.165, 1.54) is 34.8 Å². The molecule has 0 atom stereocenters. The third-order valence-electron chi connectivity index (χ3n) is 6.65. The Labute approximate surface area is 298 Å². The van der Waals surface area contributed by atoms with Crippen molar-refractivity contribution < 1.29 is 26.3 Å². The van der Waals surface area contributed by atoms with Crippen LogP contribution in [0, 0.1) is 16.7 Å². The summed E-state index contributed by atoms with van der Waals surface area (Å²) in [6.45, 7) is 0. The SMILES string of the molecule is C.C.N#Cc1cccc(-c2csc(Nc3cccc(C(F)(F)F)c3)n2)c1.N=C(N)c1cccc(-c2csc(Nc3cccc(C(F)(F)F)c3)n2)c1. The number of hydrogen-bond donors (Lipinski definition) is 4. The van der Waals surface area contributed by atoms with Crippen LogP contribution in [0.5, 0.6) is 0 Å². The van der Waals surface area contributed by atoms with Gasteiger partial charge in [0.2, 0.25) is 0 Å². The molecule has 6 rings (SSSR count). The first kappa shape index (κ1) is 39.7. The number of alkyl halides is 6. The van der Waals surface area contributed by atoms with Crippen molar-refractivity contribution in [2.45, 2.75) is 27.2 Å². The number of nitriles is 1. The fourth-order valence-electron chi connectivity index (χ4n) is 4.32. The lowest BCUT2D eigenvalue weighted by molar-refractivity contribution is -0.138. The van der Waals surface area contributed by atoms with E-state index in [0.29, 0.717) is 44.2 Å². The first-order valence-corrected chi connectivity index (χ1v) is 15.8. The van der Waals surface area contributed by atoms with E-state index in [-0.39, 0.29) is 20.7 Å². The summed E-state index contributed by atoms with van der Waals surface area (Å²) in [7, 11) is 0. The number of hydrogen-bond acceptors (Lipinski definition) is 8. The minimum atomic E-state index is -4.39. The van der Waals surface area contributed by atoms with Gasteiger partial charge in [-0.25, -0.2) is 9.97 Å². The van der Waals surface area contributed by atoms with Crippen LogP contribution in [0.15, 0.2) is 108 Å². The summed E-state index contributed by atoms with van der Waals surface area (Å²) >= 11 is 2.56. The lowest BCUT2D eigenvalue weighted by Gasteiger charge is -2.09.